The van der Waals surface area contributed by atoms with Crippen LogP contribution in [-0.2, 0) is 19.2 Å². The van der Waals surface area contributed by atoms with Crippen LogP contribution in [0, 0.1) is 0 Å². The van der Waals surface area contributed by atoms with Gasteiger partial charge in [-0.05, 0) is 37.8 Å². The molecule has 2 aromatic heterocycles. The molecule has 28 heavy (non-hydrogen) atoms. The smallest absolute Gasteiger partial charge is 0.191 e. The zero-order chi connectivity index (χ0) is 20.0. The first-order valence-electron chi connectivity index (χ1n) is 9.77. The van der Waals surface area contributed by atoms with E-state index in [0.29, 0.717) is 5.96 Å². The summed E-state index contributed by atoms with van der Waals surface area (Å²) in [5.74, 6) is 0.712. The summed E-state index contributed by atoms with van der Waals surface area (Å²) in [6, 6.07) is 10.6. The highest BCUT2D eigenvalue weighted by atomic mass is 16.3. The summed E-state index contributed by atoms with van der Waals surface area (Å²) in [4.78, 5) is 4.56. The number of aromatic nitrogens is 3. The van der Waals surface area contributed by atoms with Crippen molar-refractivity contribution < 1.29 is 5.11 Å². The SMILES string of the molecule is CCNC(=NCC(C)(O)c1cnn(C)c1)NCCCn1ccc2ccccc21. The maximum Gasteiger partial charge on any atom is 0.191 e. The molecule has 0 aliphatic heterocycles. The van der Waals surface area contributed by atoms with Gasteiger partial charge in [-0.15, -0.1) is 0 Å². The molecule has 0 saturated heterocycles. The monoisotopic (exact) mass is 382 g/mol. The third-order valence-electron chi connectivity index (χ3n) is 4.76. The molecule has 0 aliphatic rings. The van der Waals surface area contributed by atoms with E-state index in [-0.39, 0.29) is 6.54 Å². The molecular formula is C21H30N6O. The summed E-state index contributed by atoms with van der Waals surface area (Å²) in [6.45, 7) is 6.55. The third kappa shape index (κ3) is 4.92. The Bertz CT molecular complexity index is 924. The van der Waals surface area contributed by atoms with E-state index in [2.05, 4.69) is 61.8 Å². The van der Waals surface area contributed by atoms with Crippen LogP contribution in [-0.4, -0.2) is 45.0 Å². The Labute approximate surface area is 166 Å². The van der Waals surface area contributed by atoms with Gasteiger partial charge in [0.15, 0.2) is 5.96 Å². The molecule has 0 aliphatic carbocycles. The van der Waals surface area contributed by atoms with Gasteiger partial charge in [0.05, 0.1) is 12.7 Å². The van der Waals surface area contributed by atoms with Crippen molar-refractivity contribution in [3.8, 4) is 0 Å². The van der Waals surface area contributed by atoms with E-state index in [0.717, 1.165) is 31.6 Å². The predicted octanol–water partition coefficient (Wildman–Crippen LogP) is 2.23. The number of aliphatic hydroxyl groups is 1. The molecule has 0 amide bonds. The van der Waals surface area contributed by atoms with Gasteiger partial charge in [0.25, 0.3) is 0 Å². The van der Waals surface area contributed by atoms with Crippen LogP contribution in [0.25, 0.3) is 10.9 Å². The van der Waals surface area contributed by atoms with Gasteiger partial charge in [-0.2, -0.15) is 5.10 Å². The molecule has 3 N–H and O–H groups in total. The van der Waals surface area contributed by atoms with E-state index in [4.69, 9.17) is 0 Å². The number of rotatable bonds is 8. The first kappa shape index (κ1) is 19.9. The number of aliphatic imine (C=N–C) groups is 1. The van der Waals surface area contributed by atoms with Crippen LogP contribution < -0.4 is 10.6 Å². The van der Waals surface area contributed by atoms with Gasteiger partial charge in [0, 0.05) is 50.2 Å². The molecule has 0 saturated carbocycles. The molecule has 0 radical (unpaired) electrons. The van der Waals surface area contributed by atoms with Crippen LogP contribution in [0.15, 0.2) is 53.9 Å². The number of hydrogen-bond acceptors (Lipinski definition) is 3. The van der Waals surface area contributed by atoms with Crippen LogP contribution >= 0.6 is 0 Å². The minimum Gasteiger partial charge on any atom is -0.383 e. The normalized spacial score (nSPS) is 14.2. The fraction of sp³-hybridized carbons (Fsp3) is 0.429. The minimum absolute atomic E-state index is 0.260. The lowest BCUT2D eigenvalue weighted by atomic mass is 10.0. The Morgan fingerprint density at radius 1 is 1.25 bits per heavy atom. The van der Waals surface area contributed by atoms with E-state index in [1.807, 2.05) is 20.2 Å². The molecule has 7 nitrogen and oxygen atoms in total. The molecule has 3 aromatic rings. The number of guanidine groups is 1. The number of para-hydroxylation sites is 1. The Morgan fingerprint density at radius 2 is 2.07 bits per heavy atom. The lowest BCUT2D eigenvalue weighted by Gasteiger charge is -2.20. The molecule has 0 spiro atoms. The van der Waals surface area contributed by atoms with Crippen molar-refractivity contribution in [2.24, 2.45) is 12.0 Å². The molecule has 3 rings (SSSR count). The fourth-order valence-electron chi connectivity index (χ4n) is 3.16. The quantitative estimate of drug-likeness (QED) is 0.317. The molecule has 0 bridgehead atoms. The molecule has 2 heterocycles. The van der Waals surface area contributed by atoms with Gasteiger partial charge < -0.3 is 20.3 Å². The Kier molecular flexibility index (Phi) is 6.36. The Balaban J connectivity index is 1.53. The molecule has 150 valence electrons. The predicted molar refractivity (Wildman–Crippen MR) is 113 cm³/mol. The Morgan fingerprint density at radius 3 is 2.82 bits per heavy atom. The van der Waals surface area contributed by atoms with Crippen LogP contribution in [0.5, 0.6) is 0 Å². The second-order valence-electron chi connectivity index (χ2n) is 7.22. The lowest BCUT2D eigenvalue weighted by Crippen LogP contribution is -2.39. The van der Waals surface area contributed by atoms with Gasteiger partial charge in [-0.3, -0.25) is 4.68 Å². The Hall–Kier alpha value is -2.80. The van der Waals surface area contributed by atoms with Crippen molar-refractivity contribution in [2.75, 3.05) is 19.6 Å². The molecular weight excluding hydrogens is 352 g/mol. The van der Waals surface area contributed by atoms with Crippen LogP contribution in [0.3, 0.4) is 0 Å². The molecule has 1 aromatic carbocycles. The lowest BCUT2D eigenvalue weighted by molar-refractivity contribution is 0.0672. The molecule has 7 heteroatoms. The standard InChI is InChI=1S/C21H30N6O/c1-4-22-20(24-16-21(2,28)18-14-25-26(3)15-18)23-11-7-12-27-13-10-17-8-5-6-9-19(17)27/h5-6,8-10,13-15,28H,4,7,11-12,16H2,1-3H3,(H2,22,23,24). The van der Waals surface area contributed by atoms with Crippen LogP contribution in [0.4, 0.5) is 0 Å². The summed E-state index contributed by atoms with van der Waals surface area (Å²) in [5, 5.41) is 22.7. The van der Waals surface area contributed by atoms with Crippen molar-refractivity contribution in [2.45, 2.75) is 32.4 Å². The van der Waals surface area contributed by atoms with Gasteiger partial charge in [0.1, 0.15) is 5.60 Å². The van der Waals surface area contributed by atoms with Crippen molar-refractivity contribution in [1.29, 1.82) is 0 Å². The van der Waals surface area contributed by atoms with E-state index in [9.17, 15) is 5.11 Å². The summed E-state index contributed by atoms with van der Waals surface area (Å²) in [6.07, 6.45) is 6.60. The highest BCUT2D eigenvalue weighted by Gasteiger charge is 2.24. The van der Waals surface area contributed by atoms with Crippen LogP contribution in [0.1, 0.15) is 25.8 Å². The minimum atomic E-state index is -1.05. The molecule has 0 fully saturated rings. The largest absolute Gasteiger partial charge is 0.383 e. The van der Waals surface area contributed by atoms with Gasteiger partial charge in [-0.25, -0.2) is 4.99 Å². The number of benzene rings is 1. The summed E-state index contributed by atoms with van der Waals surface area (Å²) in [7, 11) is 1.84. The van der Waals surface area contributed by atoms with Crippen molar-refractivity contribution in [1.82, 2.24) is 25.0 Å². The van der Waals surface area contributed by atoms with Crippen molar-refractivity contribution in [3.05, 3.63) is 54.5 Å². The maximum absolute atomic E-state index is 10.7. The number of nitrogens with one attached hydrogen (secondary N) is 2. The van der Waals surface area contributed by atoms with Crippen molar-refractivity contribution in [3.63, 3.8) is 0 Å². The first-order chi connectivity index (χ1) is 13.5. The second kappa shape index (κ2) is 8.93. The number of hydrogen-bond donors (Lipinski definition) is 3. The van der Waals surface area contributed by atoms with E-state index < -0.39 is 5.60 Å². The number of nitrogens with zero attached hydrogens (tertiary/aromatic N) is 4. The second-order valence-corrected chi connectivity index (χ2v) is 7.22. The average Bonchev–Trinajstić information content (AvgIpc) is 3.30. The topological polar surface area (TPSA) is 79.4 Å². The number of fused-ring (bicyclic) bond motifs is 1. The molecule has 1 atom stereocenters. The summed E-state index contributed by atoms with van der Waals surface area (Å²) >= 11 is 0. The van der Waals surface area contributed by atoms with E-state index in [1.54, 1.807) is 17.8 Å². The highest BCUT2D eigenvalue weighted by Crippen LogP contribution is 2.20. The van der Waals surface area contributed by atoms with Gasteiger partial charge in [-0.1, -0.05) is 18.2 Å². The zero-order valence-electron chi connectivity index (χ0n) is 16.9. The van der Waals surface area contributed by atoms with Crippen molar-refractivity contribution >= 4 is 16.9 Å². The highest BCUT2D eigenvalue weighted by molar-refractivity contribution is 5.80. The average molecular weight is 383 g/mol. The first-order valence-corrected chi connectivity index (χ1v) is 9.77. The molecule has 1 unspecified atom stereocenters. The fourth-order valence-corrected chi connectivity index (χ4v) is 3.16. The van der Waals surface area contributed by atoms with E-state index in [1.165, 1.54) is 10.9 Å². The number of aryl methyl sites for hydroxylation is 2. The third-order valence-corrected chi connectivity index (χ3v) is 4.76. The zero-order valence-corrected chi connectivity index (χ0v) is 16.9. The summed E-state index contributed by atoms with van der Waals surface area (Å²) in [5.41, 5.74) is 0.963. The summed E-state index contributed by atoms with van der Waals surface area (Å²) < 4.78 is 3.95. The maximum atomic E-state index is 10.7. The van der Waals surface area contributed by atoms with Gasteiger partial charge >= 0.3 is 0 Å². The van der Waals surface area contributed by atoms with E-state index >= 15 is 0 Å². The van der Waals surface area contributed by atoms with Gasteiger partial charge in [0.2, 0.25) is 0 Å². The van der Waals surface area contributed by atoms with Crippen LogP contribution in [0.2, 0.25) is 0 Å².